The van der Waals surface area contributed by atoms with Crippen molar-refractivity contribution in [2.75, 3.05) is 26.3 Å². The predicted molar refractivity (Wildman–Crippen MR) is 77.2 cm³/mol. The van der Waals surface area contributed by atoms with Gasteiger partial charge < -0.3 is 10.1 Å². The van der Waals surface area contributed by atoms with Gasteiger partial charge in [-0.15, -0.1) is 11.8 Å². The SMILES string of the molecule is CCOCCCNCC(C)Sc1cc(C)nn1C. The molecule has 1 heterocycles. The number of nitrogens with zero attached hydrogens (tertiary/aromatic N) is 2. The van der Waals surface area contributed by atoms with Gasteiger partial charge in [0.1, 0.15) is 0 Å². The standard InChI is InChI=1S/C13H25N3OS/c1-5-17-8-6-7-14-10-12(3)18-13-9-11(2)15-16(13)4/h9,12,14H,5-8,10H2,1-4H3. The molecule has 1 rings (SSSR count). The average Bonchev–Trinajstić information content (AvgIpc) is 2.62. The van der Waals surface area contributed by atoms with Crippen LogP contribution in [-0.4, -0.2) is 41.3 Å². The molecule has 0 amide bonds. The van der Waals surface area contributed by atoms with E-state index in [1.54, 1.807) is 0 Å². The lowest BCUT2D eigenvalue weighted by molar-refractivity contribution is 0.145. The monoisotopic (exact) mass is 271 g/mol. The number of ether oxygens (including phenoxy) is 1. The highest BCUT2D eigenvalue weighted by Gasteiger charge is 2.08. The number of aryl methyl sites for hydroxylation is 2. The van der Waals surface area contributed by atoms with E-state index in [9.17, 15) is 0 Å². The lowest BCUT2D eigenvalue weighted by atomic mass is 10.4. The number of nitrogens with one attached hydrogen (secondary N) is 1. The first kappa shape index (κ1) is 15.5. The van der Waals surface area contributed by atoms with Crippen LogP contribution in [0.4, 0.5) is 0 Å². The predicted octanol–water partition coefficient (Wildman–Crippen LogP) is 2.23. The van der Waals surface area contributed by atoms with Gasteiger partial charge in [-0.25, -0.2) is 0 Å². The number of hydrogen-bond acceptors (Lipinski definition) is 4. The number of hydrogen-bond donors (Lipinski definition) is 1. The van der Waals surface area contributed by atoms with Crippen molar-refractivity contribution < 1.29 is 4.74 Å². The van der Waals surface area contributed by atoms with Crippen LogP contribution < -0.4 is 5.32 Å². The van der Waals surface area contributed by atoms with E-state index in [2.05, 4.69) is 23.4 Å². The first-order chi connectivity index (χ1) is 8.63. The lowest BCUT2D eigenvalue weighted by Gasteiger charge is -2.12. The fourth-order valence-corrected chi connectivity index (χ4v) is 2.74. The molecule has 1 unspecified atom stereocenters. The third kappa shape index (κ3) is 5.89. The zero-order valence-corrected chi connectivity index (χ0v) is 12.7. The average molecular weight is 271 g/mol. The van der Waals surface area contributed by atoms with E-state index in [4.69, 9.17) is 4.74 Å². The van der Waals surface area contributed by atoms with Gasteiger partial charge in [0.05, 0.1) is 10.7 Å². The zero-order valence-electron chi connectivity index (χ0n) is 11.9. The molecular weight excluding hydrogens is 246 g/mol. The molecule has 0 fully saturated rings. The maximum absolute atomic E-state index is 5.30. The van der Waals surface area contributed by atoms with Crippen LogP contribution in [0.25, 0.3) is 0 Å². The second-order valence-electron chi connectivity index (χ2n) is 4.43. The van der Waals surface area contributed by atoms with Gasteiger partial charge in [0.15, 0.2) is 0 Å². The van der Waals surface area contributed by atoms with Crippen molar-refractivity contribution in [2.24, 2.45) is 7.05 Å². The fraction of sp³-hybridized carbons (Fsp3) is 0.769. The van der Waals surface area contributed by atoms with Crippen LogP contribution in [0.2, 0.25) is 0 Å². The van der Waals surface area contributed by atoms with Gasteiger partial charge in [-0.1, -0.05) is 6.92 Å². The number of rotatable bonds is 9. The van der Waals surface area contributed by atoms with E-state index >= 15 is 0 Å². The molecule has 4 nitrogen and oxygen atoms in total. The lowest BCUT2D eigenvalue weighted by Crippen LogP contribution is -2.24. The largest absolute Gasteiger partial charge is 0.382 e. The maximum atomic E-state index is 5.30. The van der Waals surface area contributed by atoms with Gasteiger partial charge in [-0.3, -0.25) is 4.68 Å². The van der Waals surface area contributed by atoms with Crippen molar-refractivity contribution in [3.63, 3.8) is 0 Å². The van der Waals surface area contributed by atoms with Crippen molar-refractivity contribution in [3.8, 4) is 0 Å². The summed E-state index contributed by atoms with van der Waals surface area (Å²) in [5, 5.41) is 9.59. The van der Waals surface area contributed by atoms with Crippen LogP contribution in [0.5, 0.6) is 0 Å². The van der Waals surface area contributed by atoms with Gasteiger partial charge in [-0.05, 0) is 32.9 Å². The number of thioether (sulfide) groups is 1. The molecule has 1 N–H and O–H groups in total. The van der Waals surface area contributed by atoms with Crippen LogP contribution in [0, 0.1) is 6.92 Å². The highest BCUT2D eigenvalue weighted by molar-refractivity contribution is 7.99. The van der Waals surface area contributed by atoms with Crippen molar-refractivity contribution in [3.05, 3.63) is 11.8 Å². The van der Waals surface area contributed by atoms with Crippen LogP contribution in [-0.2, 0) is 11.8 Å². The molecule has 5 heteroatoms. The van der Waals surface area contributed by atoms with E-state index in [0.717, 1.165) is 38.4 Å². The minimum Gasteiger partial charge on any atom is -0.382 e. The summed E-state index contributed by atoms with van der Waals surface area (Å²) in [7, 11) is 2.00. The van der Waals surface area contributed by atoms with Crippen molar-refractivity contribution in [2.45, 2.75) is 37.5 Å². The second-order valence-corrected chi connectivity index (χ2v) is 5.89. The maximum Gasteiger partial charge on any atom is 0.0942 e. The Labute approximate surface area is 114 Å². The highest BCUT2D eigenvalue weighted by Crippen LogP contribution is 2.22. The smallest absolute Gasteiger partial charge is 0.0942 e. The van der Waals surface area contributed by atoms with E-state index in [0.29, 0.717) is 5.25 Å². The van der Waals surface area contributed by atoms with Gasteiger partial charge >= 0.3 is 0 Å². The molecule has 18 heavy (non-hydrogen) atoms. The first-order valence-corrected chi connectivity index (χ1v) is 7.47. The molecule has 0 saturated heterocycles. The van der Waals surface area contributed by atoms with E-state index < -0.39 is 0 Å². The zero-order chi connectivity index (χ0) is 13.4. The molecule has 104 valence electrons. The van der Waals surface area contributed by atoms with Crippen LogP contribution in [0.15, 0.2) is 11.1 Å². The molecule has 0 aliphatic heterocycles. The molecule has 1 aromatic rings. The van der Waals surface area contributed by atoms with Gasteiger partial charge in [0.25, 0.3) is 0 Å². The van der Waals surface area contributed by atoms with Crippen LogP contribution in [0.3, 0.4) is 0 Å². The van der Waals surface area contributed by atoms with Gasteiger partial charge in [0, 0.05) is 32.1 Å². The summed E-state index contributed by atoms with van der Waals surface area (Å²) in [5.74, 6) is 0. The van der Waals surface area contributed by atoms with Crippen LogP contribution in [0.1, 0.15) is 26.0 Å². The fourth-order valence-electron chi connectivity index (χ4n) is 1.69. The Kier molecular flexibility index (Phi) is 7.39. The topological polar surface area (TPSA) is 39.1 Å². The molecule has 0 aromatic carbocycles. The van der Waals surface area contributed by atoms with Crippen LogP contribution >= 0.6 is 11.8 Å². The summed E-state index contributed by atoms with van der Waals surface area (Å²) in [6, 6.07) is 2.14. The third-order valence-corrected chi connectivity index (χ3v) is 3.75. The Balaban J connectivity index is 2.14. The normalized spacial score (nSPS) is 12.9. The molecule has 0 aliphatic carbocycles. The van der Waals surface area contributed by atoms with Crippen molar-refractivity contribution in [1.29, 1.82) is 0 Å². The van der Waals surface area contributed by atoms with Gasteiger partial charge in [-0.2, -0.15) is 5.10 Å². The number of aromatic nitrogens is 2. The Morgan fingerprint density at radius 3 is 2.94 bits per heavy atom. The summed E-state index contributed by atoms with van der Waals surface area (Å²) in [4.78, 5) is 0. The quantitative estimate of drug-likeness (QED) is 0.552. The Morgan fingerprint density at radius 1 is 1.56 bits per heavy atom. The molecule has 0 bridgehead atoms. The molecule has 0 radical (unpaired) electrons. The van der Waals surface area contributed by atoms with E-state index in [1.165, 1.54) is 5.03 Å². The summed E-state index contributed by atoms with van der Waals surface area (Å²) >= 11 is 1.87. The molecule has 0 spiro atoms. The first-order valence-electron chi connectivity index (χ1n) is 6.59. The Morgan fingerprint density at radius 2 is 2.33 bits per heavy atom. The van der Waals surface area contributed by atoms with E-state index in [1.807, 2.05) is 37.3 Å². The Hall–Kier alpha value is -0.520. The summed E-state index contributed by atoms with van der Waals surface area (Å²) in [5.41, 5.74) is 1.08. The van der Waals surface area contributed by atoms with Crippen molar-refractivity contribution >= 4 is 11.8 Å². The molecule has 0 saturated carbocycles. The summed E-state index contributed by atoms with van der Waals surface area (Å²) in [6.45, 7) is 10.00. The third-order valence-electron chi connectivity index (χ3n) is 2.56. The molecular formula is C13H25N3OS. The summed E-state index contributed by atoms with van der Waals surface area (Å²) in [6.07, 6.45) is 1.08. The molecule has 1 atom stereocenters. The minimum atomic E-state index is 0.548. The second kappa shape index (κ2) is 8.56. The van der Waals surface area contributed by atoms with E-state index in [-0.39, 0.29) is 0 Å². The summed E-state index contributed by atoms with van der Waals surface area (Å²) < 4.78 is 7.25. The Bertz CT molecular complexity index is 341. The molecule has 0 aliphatic rings. The highest BCUT2D eigenvalue weighted by atomic mass is 32.2. The minimum absolute atomic E-state index is 0.548. The van der Waals surface area contributed by atoms with Gasteiger partial charge in [0.2, 0.25) is 0 Å². The van der Waals surface area contributed by atoms with Crippen molar-refractivity contribution in [1.82, 2.24) is 15.1 Å². The molecule has 1 aromatic heterocycles.